The fourth-order valence-electron chi connectivity index (χ4n) is 4.42. The number of nitrogens with zero attached hydrogens (tertiary/aromatic N) is 3. The van der Waals surface area contributed by atoms with Crippen LogP contribution in [0, 0.1) is 15.9 Å². The van der Waals surface area contributed by atoms with E-state index >= 15 is 0 Å². The fraction of sp³-hybridized carbons (Fsp3) is 0.276. The van der Waals surface area contributed by atoms with E-state index in [1.807, 2.05) is 6.07 Å². The number of nitro benzene ring substituents is 1. The molecule has 3 aromatic carbocycles. The summed E-state index contributed by atoms with van der Waals surface area (Å²) in [6.07, 6.45) is 1.50. The Labute approximate surface area is 252 Å². The first-order chi connectivity index (χ1) is 20.5. The summed E-state index contributed by atoms with van der Waals surface area (Å²) >= 11 is 1.19. The molecular weight excluding hydrogens is 597 g/mol. The highest BCUT2D eigenvalue weighted by atomic mass is 32.2. The molecule has 1 aliphatic rings. The number of carbonyl (C=O) groups excluding carboxylic acids is 2. The summed E-state index contributed by atoms with van der Waals surface area (Å²) in [5.74, 6) is -0.897. The second-order valence-corrected chi connectivity index (χ2v) is 12.6. The van der Waals surface area contributed by atoms with Crippen molar-refractivity contribution >= 4 is 44.5 Å². The molecule has 0 radical (unpaired) electrons. The largest absolute Gasteiger partial charge is 0.356 e. The van der Waals surface area contributed by atoms with Crippen LogP contribution in [0.5, 0.6) is 0 Å². The first-order valence-electron chi connectivity index (χ1n) is 13.4. The Morgan fingerprint density at radius 3 is 2.40 bits per heavy atom. The molecule has 4 rings (SSSR count). The number of thioether (sulfide) groups is 1. The number of nitrogens with two attached hydrogens (primary N) is 1. The number of sulfonamides is 1. The Kier molecular flexibility index (Phi) is 10.6. The van der Waals surface area contributed by atoms with Gasteiger partial charge in [-0.2, -0.15) is 0 Å². The predicted octanol–water partition coefficient (Wildman–Crippen LogP) is 3.56. The maximum Gasteiger partial charge on any atom is 0.269 e. The van der Waals surface area contributed by atoms with Crippen molar-refractivity contribution in [1.29, 1.82) is 0 Å². The van der Waals surface area contributed by atoms with E-state index in [0.717, 1.165) is 11.1 Å². The van der Waals surface area contributed by atoms with Gasteiger partial charge >= 0.3 is 0 Å². The molecule has 0 saturated carbocycles. The van der Waals surface area contributed by atoms with Crippen molar-refractivity contribution in [2.75, 3.05) is 13.1 Å². The first kappa shape index (κ1) is 31.8. The molecule has 1 heterocycles. The minimum absolute atomic E-state index is 0.0111. The molecule has 2 amide bonds. The Morgan fingerprint density at radius 2 is 1.74 bits per heavy atom. The number of nitrogens with one attached hydrogen (secondary N) is 1. The molecule has 43 heavy (non-hydrogen) atoms. The van der Waals surface area contributed by atoms with E-state index in [1.165, 1.54) is 53.1 Å². The minimum atomic E-state index is -3.83. The van der Waals surface area contributed by atoms with Crippen LogP contribution in [0.15, 0.2) is 82.7 Å². The molecule has 1 unspecified atom stereocenters. The summed E-state index contributed by atoms with van der Waals surface area (Å²) in [6, 6.07) is 18.3. The van der Waals surface area contributed by atoms with Crippen molar-refractivity contribution in [2.45, 2.75) is 42.4 Å². The number of halogens is 1. The second kappa shape index (κ2) is 14.4. The molecule has 0 bridgehead atoms. The summed E-state index contributed by atoms with van der Waals surface area (Å²) in [4.78, 5) is 42.5. The summed E-state index contributed by atoms with van der Waals surface area (Å²) in [6.45, 7) is 0.799. The van der Waals surface area contributed by atoms with Crippen molar-refractivity contribution in [2.24, 2.45) is 10.1 Å². The Morgan fingerprint density at radius 1 is 1.05 bits per heavy atom. The number of benzene rings is 3. The quantitative estimate of drug-likeness (QED) is 0.216. The molecule has 0 aromatic heterocycles. The SMILES string of the molecule is NS(=O)(=O)c1ccc(CN=C2SC(CC(=O)NCCc3ccc([N+](=O)[O-])cc3)C(=O)N2CCCc2cccc(F)c2)cc1. The molecule has 1 atom stereocenters. The van der Waals surface area contributed by atoms with Gasteiger partial charge in [-0.05, 0) is 60.2 Å². The van der Waals surface area contributed by atoms with Gasteiger partial charge in [-0.25, -0.2) is 17.9 Å². The van der Waals surface area contributed by atoms with Gasteiger partial charge in [-0.1, -0.05) is 48.2 Å². The van der Waals surface area contributed by atoms with Crippen LogP contribution in [-0.4, -0.2) is 53.6 Å². The lowest BCUT2D eigenvalue weighted by Gasteiger charge is -2.16. The van der Waals surface area contributed by atoms with Crippen molar-refractivity contribution < 1.29 is 27.3 Å². The van der Waals surface area contributed by atoms with E-state index in [0.29, 0.717) is 43.1 Å². The van der Waals surface area contributed by atoms with E-state index in [4.69, 9.17) is 5.14 Å². The zero-order valence-electron chi connectivity index (χ0n) is 23.0. The lowest BCUT2D eigenvalue weighted by atomic mass is 10.1. The molecule has 3 N–H and O–H groups in total. The van der Waals surface area contributed by atoms with E-state index < -0.39 is 20.2 Å². The number of aryl methyl sites for hydroxylation is 1. The van der Waals surface area contributed by atoms with Crippen LogP contribution in [0.2, 0.25) is 0 Å². The monoisotopic (exact) mass is 627 g/mol. The number of carbonyl (C=O) groups is 2. The summed E-state index contributed by atoms with van der Waals surface area (Å²) in [5.41, 5.74) is 2.33. The third-order valence-electron chi connectivity index (χ3n) is 6.66. The molecule has 0 aliphatic carbocycles. The lowest BCUT2D eigenvalue weighted by molar-refractivity contribution is -0.384. The van der Waals surface area contributed by atoms with Crippen LogP contribution >= 0.6 is 11.8 Å². The third kappa shape index (κ3) is 9.17. The standard InChI is InChI=1S/C29H30FN5O6S2/c30-23-5-1-3-21(17-23)4-2-16-34-28(37)26(18-27(36)32-15-14-20-6-10-24(11-7-20)35(38)39)42-29(34)33-19-22-8-12-25(13-9-22)43(31,40)41/h1,3,5-13,17,26H,2,4,14-16,18-19H2,(H,32,36)(H2,31,40,41). The molecule has 3 aromatic rings. The highest BCUT2D eigenvalue weighted by Gasteiger charge is 2.38. The number of hydrogen-bond acceptors (Lipinski definition) is 8. The number of amidine groups is 1. The zero-order chi connectivity index (χ0) is 31.0. The van der Waals surface area contributed by atoms with Gasteiger partial charge in [0.25, 0.3) is 5.69 Å². The van der Waals surface area contributed by atoms with Crippen LogP contribution in [0.3, 0.4) is 0 Å². The molecule has 11 nitrogen and oxygen atoms in total. The van der Waals surface area contributed by atoms with Gasteiger partial charge in [0.05, 0.1) is 16.4 Å². The maximum atomic E-state index is 13.6. The van der Waals surface area contributed by atoms with E-state index in [-0.39, 0.29) is 41.2 Å². The normalized spacial score (nSPS) is 16.0. The van der Waals surface area contributed by atoms with E-state index in [2.05, 4.69) is 10.3 Å². The molecule has 226 valence electrons. The summed E-state index contributed by atoms with van der Waals surface area (Å²) < 4.78 is 36.7. The third-order valence-corrected chi connectivity index (χ3v) is 8.80. The highest BCUT2D eigenvalue weighted by Crippen LogP contribution is 2.30. The topological polar surface area (TPSA) is 165 Å². The average molecular weight is 628 g/mol. The van der Waals surface area contributed by atoms with Crippen molar-refractivity contribution in [3.05, 3.63) is 105 Å². The lowest BCUT2D eigenvalue weighted by Crippen LogP contribution is -2.36. The number of aliphatic imine (C=N–C) groups is 1. The summed E-state index contributed by atoms with van der Waals surface area (Å²) in [7, 11) is -3.83. The van der Waals surface area contributed by atoms with Crippen LogP contribution in [0.25, 0.3) is 0 Å². The molecule has 14 heteroatoms. The van der Waals surface area contributed by atoms with Crippen molar-refractivity contribution in [3.8, 4) is 0 Å². The van der Waals surface area contributed by atoms with Gasteiger partial charge in [0.2, 0.25) is 21.8 Å². The maximum absolute atomic E-state index is 13.6. The van der Waals surface area contributed by atoms with Gasteiger partial charge in [0, 0.05) is 31.6 Å². The molecule has 1 saturated heterocycles. The van der Waals surface area contributed by atoms with Gasteiger partial charge in [0.1, 0.15) is 11.1 Å². The number of primary sulfonamides is 1. The van der Waals surface area contributed by atoms with Gasteiger partial charge < -0.3 is 5.32 Å². The molecule has 1 aliphatic heterocycles. The minimum Gasteiger partial charge on any atom is -0.356 e. The van der Waals surface area contributed by atoms with Crippen LogP contribution in [0.4, 0.5) is 10.1 Å². The van der Waals surface area contributed by atoms with Crippen LogP contribution in [0.1, 0.15) is 29.5 Å². The van der Waals surface area contributed by atoms with E-state index in [1.54, 1.807) is 30.3 Å². The second-order valence-electron chi connectivity index (χ2n) is 9.85. The number of amides is 2. The number of rotatable bonds is 13. The predicted molar refractivity (Wildman–Crippen MR) is 161 cm³/mol. The molecule has 0 spiro atoms. The number of nitro groups is 1. The Bertz CT molecular complexity index is 1620. The average Bonchev–Trinajstić information content (AvgIpc) is 3.25. The molecular formula is C29H30FN5O6S2. The van der Waals surface area contributed by atoms with Crippen molar-refractivity contribution in [3.63, 3.8) is 0 Å². The fourth-order valence-corrected chi connectivity index (χ4v) is 6.10. The Balaban J connectivity index is 1.38. The van der Waals surface area contributed by atoms with Gasteiger partial charge in [0.15, 0.2) is 5.17 Å². The number of non-ortho nitro benzene ring substituents is 1. The van der Waals surface area contributed by atoms with Gasteiger partial charge in [-0.15, -0.1) is 0 Å². The van der Waals surface area contributed by atoms with Crippen LogP contribution < -0.4 is 10.5 Å². The Hall–Kier alpha value is -4.14. The smallest absolute Gasteiger partial charge is 0.269 e. The van der Waals surface area contributed by atoms with Crippen LogP contribution in [-0.2, 0) is 39.0 Å². The zero-order valence-corrected chi connectivity index (χ0v) is 24.7. The number of hydrogen-bond donors (Lipinski definition) is 2. The van der Waals surface area contributed by atoms with E-state index in [9.17, 15) is 32.5 Å². The first-order valence-corrected chi connectivity index (χ1v) is 15.8. The highest BCUT2D eigenvalue weighted by molar-refractivity contribution is 8.15. The van der Waals surface area contributed by atoms with Crippen molar-refractivity contribution in [1.82, 2.24) is 10.2 Å². The van der Waals surface area contributed by atoms with Gasteiger partial charge in [-0.3, -0.25) is 29.6 Å². The summed E-state index contributed by atoms with van der Waals surface area (Å²) in [5, 5.41) is 18.5. The molecule has 1 fully saturated rings.